The molecule has 4 rings (SSSR count). The molecule has 0 atom stereocenters. The van der Waals surface area contributed by atoms with Crippen molar-refractivity contribution in [1.82, 2.24) is 19.7 Å². The zero-order valence-electron chi connectivity index (χ0n) is 15.4. The number of hydrogen-bond acceptors (Lipinski definition) is 3. The predicted octanol–water partition coefficient (Wildman–Crippen LogP) is 3.61. The average molecular weight is 352 g/mol. The first-order chi connectivity index (χ1) is 12.8. The van der Waals surface area contributed by atoms with Gasteiger partial charge in [-0.05, 0) is 37.2 Å². The van der Waals surface area contributed by atoms with Gasteiger partial charge in [-0.15, -0.1) is 10.2 Å². The Hall–Kier alpha value is -2.17. The lowest BCUT2D eigenvalue weighted by molar-refractivity contribution is -0.133. The van der Waals surface area contributed by atoms with E-state index in [1.165, 1.54) is 31.2 Å². The fourth-order valence-electron chi connectivity index (χ4n) is 4.46. The molecule has 1 aliphatic heterocycles. The normalized spacial score (nSPS) is 19.2. The highest BCUT2D eigenvalue weighted by atomic mass is 16.2. The quantitative estimate of drug-likeness (QED) is 0.826. The van der Waals surface area contributed by atoms with Crippen LogP contribution in [0.3, 0.4) is 0 Å². The Balaban J connectivity index is 1.33. The van der Waals surface area contributed by atoms with Crippen molar-refractivity contribution in [1.29, 1.82) is 0 Å². The van der Waals surface area contributed by atoms with Crippen LogP contribution in [0.25, 0.3) is 0 Å². The second-order valence-electron chi connectivity index (χ2n) is 7.81. The zero-order chi connectivity index (χ0) is 17.8. The molecule has 2 aliphatic rings. The molecule has 0 spiro atoms. The highest BCUT2D eigenvalue weighted by molar-refractivity contribution is 5.76. The fourth-order valence-corrected chi connectivity index (χ4v) is 4.46. The summed E-state index contributed by atoms with van der Waals surface area (Å²) < 4.78 is 2.16. The predicted molar refractivity (Wildman–Crippen MR) is 101 cm³/mol. The van der Waals surface area contributed by atoms with E-state index in [9.17, 15) is 4.79 Å². The first-order valence-electron chi connectivity index (χ1n) is 9.99. The standard InChI is InChI=1S/C21H28N4O/c26-20(14-17-6-4-5-7-17)24-12-10-19(11-13-24)21-23-22-16-25(21)15-18-8-2-1-3-9-18/h1-3,8-9,16-17,19H,4-7,10-15H2. The Morgan fingerprint density at radius 2 is 1.77 bits per heavy atom. The van der Waals surface area contributed by atoms with Crippen LogP contribution in [0, 0.1) is 5.92 Å². The van der Waals surface area contributed by atoms with E-state index in [-0.39, 0.29) is 0 Å². The van der Waals surface area contributed by atoms with Gasteiger partial charge in [-0.25, -0.2) is 0 Å². The molecule has 2 fully saturated rings. The van der Waals surface area contributed by atoms with Gasteiger partial charge in [0.25, 0.3) is 0 Å². The van der Waals surface area contributed by atoms with Gasteiger partial charge in [-0.1, -0.05) is 43.2 Å². The van der Waals surface area contributed by atoms with Gasteiger partial charge in [0.2, 0.25) is 5.91 Å². The topological polar surface area (TPSA) is 51.0 Å². The van der Waals surface area contributed by atoms with E-state index in [1.807, 2.05) is 12.4 Å². The molecule has 0 N–H and O–H groups in total. The SMILES string of the molecule is O=C(CC1CCCC1)N1CCC(c2nncn2Cc2ccccc2)CC1. The maximum atomic E-state index is 12.5. The number of piperidine rings is 1. The van der Waals surface area contributed by atoms with Gasteiger partial charge in [-0.2, -0.15) is 0 Å². The third-order valence-electron chi connectivity index (χ3n) is 5.99. The maximum Gasteiger partial charge on any atom is 0.222 e. The largest absolute Gasteiger partial charge is 0.343 e. The molecule has 2 heterocycles. The van der Waals surface area contributed by atoms with Gasteiger partial charge in [0.05, 0.1) is 6.54 Å². The van der Waals surface area contributed by atoms with Crippen LogP contribution in [0.5, 0.6) is 0 Å². The number of carbonyl (C=O) groups excluding carboxylic acids is 1. The van der Waals surface area contributed by atoms with Crippen molar-refractivity contribution in [3.63, 3.8) is 0 Å². The molecule has 1 aromatic heterocycles. The van der Waals surface area contributed by atoms with E-state index in [4.69, 9.17) is 0 Å². The molecule has 1 saturated heterocycles. The van der Waals surface area contributed by atoms with E-state index in [0.29, 0.717) is 17.7 Å². The van der Waals surface area contributed by atoms with E-state index in [2.05, 4.69) is 43.9 Å². The van der Waals surface area contributed by atoms with Crippen LogP contribution in [0.2, 0.25) is 0 Å². The van der Waals surface area contributed by atoms with Gasteiger partial charge in [0.15, 0.2) is 0 Å². The maximum absolute atomic E-state index is 12.5. The first-order valence-corrected chi connectivity index (χ1v) is 9.99. The van der Waals surface area contributed by atoms with E-state index < -0.39 is 0 Å². The molecule has 0 unspecified atom stereocenters. The fraction of sp³-hybridized carbons (Fsp3) is 0.571. The smallest absolute Gasteiger partial charge is 0.222 e. The summed E-state index contributed by atoms with van der Waals surface area (Å²) in [7, 11) is 0. The van der Waals surface area contributed by atoms with Crippen molar-refractivity contribution in [2.75, 3.05) is 13.1 Å². The number of hydrogen-bond donors (Lipinski definition) is 0. The van der Waals surface area contributed by atoms with Crippen molar-refractivity contribution >= 4 is 5.91 Å². The molecule has 1 aliphatic carbocycles. The Morgan fingerprint density at radius 1 is 1.04 bits per heavy atom. The summed E-state index contributed by atoms with van der Waals surface area (Å²) in [6.45, 7) is 2.52. The monoisotopic (exact) mass is 352 g/mol. The summed E-state index contributed by atoms with van der Waals surface area (Å²) in [4.78, 5) is 14.6. The lowest BCUT2D eigenvalue weighted by Gasteiger charge is -2.32. The molecular weight excluding hydrogens is 324 g/mol. The molecule has 0 radical (unpaired) electrons. The van der Waals surface area contributed by atoms with Gasteiger partial charge < -0.3 is 9.47 Å². The molecule has 0 bridgehead atoms. The number of benzene rings is 1. The lowest BCUT2D eigenvalue weighted by atomic mass is 9.94. The molecule has 26 heavy (non-hydrogen) atoms. The minimum Gasteiger partial charge on any atom is -0.343 e. The Labute approximate surface area is 155 Å². The Bertz CT molecular complexity index is 713. The zero-order valence-corrected chi connectivity index (χ0v) is 15.4. The van der Waals surface area contributed by atoms with Crippen molar-refractivity contribution < 1.29 is 4.79 Å². The van der Waals surface area contributed by atoms with Gasteiger partial charge >= 0.3 is 0 Å². The molecule has 1 amide bonds. The van der Waals surface area contributed by atoms with Gasteiger partial charge in [-0.3, -0.25) is 4.79 Å². The summed E-state index contributed by atoms with van der Waals surface area (Å²) in [5.74, 6) is 2.46. The van der Waals surface area contributed by atoms with E-state index >= 15 is 0 Å². The number of amides is 1. The number of nitrogens with zero attached hydrogens (tertiary/aromatic N) is 4. The van der Waals surface area contributed by atoms with Crippen LogP contribution in [-0.4, -0.2) is 38.7 Å². The number of carbonyl (C=O) groups is 1. The number of rotatable bonds is 5. The number of aromatic nitrogens is 3. The summed E-state index contributed by atoms with van der Waals surface area (Å²) >= 11 is 0. The molecule has 5 nitrogen and oxygen atoms in total. The summed E-state index contributed by atoms with van der Waals surface area (Å²) in [6, 6.07) is 10.4. The Kier molecular flexibility index (Phi) is 5.32. The van der Waals surface area contributed by atoms with E-state index in [0.717, 1.165) is 44.7 Å². The van der Waals surface area contributed by atoms with Gasteiger partial charge in [0, 0.05) is 25.4 Å². The highest BCUT2D eigenvalue weighted by Gasteiger charge is 2.28. The van der Waals surface area contributed by atoms with Crippen LogP contribution in [-0.2, 0) is 11.3 Å². The summed E-state index contributed by atoms with van der Waals surface area (Å²) in [6.07, 6.45) is 9.66. The number of likely N-dealkylation sites (tertiary alicyclic amines) is 1. The minimum atomic E-state index is 0.362. The highest BCUT2D eigenvalue weighted by Crippen LogP contribution is 2.30. The molecular formula is C21H28N4O. The minimum absolute atomic E-state index is 0.362. The lowest BCUT2D eigenvalue weighted by Crippen LogP contribution is -2.39. The van der Waals surface area contributed by atoms with Crippen molar-refractivity contribution in [3.8, 4) is 0 Å². The summed E-state index contributed by atoms with van der Waals surface area (Å²) in [5.41, 5.74) is 1.26. The van der Waals surface area contributed by atoms with Crippen LogP contribution in [0.1, 0.15) is 62.3 Å². The molecule has 1 aromatic carbocycles. The molecule has 138 valence electrons. The van der Waals surface area contributed by atoms with Crippen LogP contribution in [0.4, 0.5) is 0 Å². The average Bonchev–Trinajstić information content (AvgIpc) is 3.35. The van der Waals surface area contributed by atoms with Crippen LogP contribution < -0.4 is 0 Å². The summed E-state index contributed by atoms with van der Waals surface area (Å²) in [5, 5.41) is 8.55. The second-order valence-corrected chi connectivity index (χ2v) is 7.81. The van der Waals surface area contributed by atoms with Crippen molar-refractivity contribution in [2.45, 2.75) is 57.4 Å². The van der Waals surface area contributed by atoms with Crippen molar-refractivity contribution in [3.05, 3.63) is 48.0 Å². The van der Waals surface area contributed by atoms with Gasteiger partial charge in [0.1, 0.15) is 12.2 Å². The van der Waals surface area contributed by atoms with Crippen LogP contribution >= 0.6 is 0 Å². The van der Waals surface area contributed by atoms with E-state index in [1.54, 1.807) is 0 Å². The first kappa shape index (κ1) is 17.3. The molecule has 5 heteroatoms. The molecule has 2 aromatic rings. The second kappa shape index (κ2) is 8.02. The third-order valence-corrected chi connectivity index (χ3v) is 5.99. The van der Waals surface area contributed by atoms with Crippen LogP contribution in [0.15, 0.2) is 36.7 Å². The Morgan fingerprint density at radius 3 is 2.50 bits per heavy atom. The molecule has 1 saturated carbocycles. The third kappa shape index (κ3) is 3.97. The van der Waals surface area contributed by atoms with Crippen molar-refractivity contribution in [2.24, 2.45) is 5.92 Å².